The smallest absolute Gasteiger partial charge is 0.223 e. The largest absolute Gasteiger partial charge is 0.356 e. The SMILES string of the molecule is O=C(NCC[C@H]1CCCN1)C1CCCCCC1. The lowest BCUT2D eigenvalue weighted by molar-refractivity contribution is -0.125. The van der Waals surface area contributed by atoms with Gasteiger partial charge in [0.15, 0.2) is 0 Å². The van der Waals surface area contributed by atoms with Gasteiger partial charge >= 0.3 is 0 Å². The maximum atomic E-state index is 12.0. The Morgan fingerprint density at radius 1 is 1.06 bits per heavy atom. The minimum Gasteiger partial charge on any atom is -0.356 e. The fourth-order valence-electron chi connectivity index (χ4n) is 3.06. The van der Waals surface area contributed by atoms with Crippen LogP contribution < -0.4 is 10.6 Å². The second-order valence-electron chi connectivity index (χ2n) is 5.56. The van der Waals surface area contributed by atoms with Gasteiger partial charge in [0.05, 0.1) is 0 Å². The van der Waals surface area contributed by atoms with Gasteiger partial charge in [-0.1, -0.05) is 25.7 Å². The average molecular weight is 238 g/mol. The minimum atomic E-state index is 0.300. The van der Waals surface area contributed by atoms with Crippen LogP contribution in [0.1, 0.15) is 57.8 Å². The summed E-state index contributed by atoms with van der Waals surface area (Å²) in [6, 6.07) is 0.643. The van der Waals surface area contributed by atoms with Gasteiger partial charge in [0.25, 0.3) is 0 Å². The standard InChI is InChI=1S/C14H26N2O/c17-14(12-6-3-1-2-4-7-12)16-11-9-13-8-5-10-15-13/h12-13,15H,1-11H2,(H,16,17)/t13-/m1/s1. The highest BCUT2D eigenvalue weighted by atomic mass is 16.1. The fraction of sp³-hybridized carbons (Fsp3) is 0.929. The van der Waals surface area contributed by atoms with Gasteiger partial charge in [-0.05, 0) is 38.6 Å². The van der Waals surface area contributed by atoms with Crippen molar-refractivity contribution in [1.29, 1.82) is 0 Å². The molecule has 2 N–H and O–H groups in total. The number of rotatable bonds is 4. The van der Waals surface area contributed by atoms with Crippen molar-refractivity contribution in [3.8, 4) is 0 Å². The Labute approximate surface area is 105 Å². The van der Waals surface area contributed by atoms with E-state index in [0.29, 0.717) is 17.9 Å². The molecule has 2 fully saturated rings. The summed E-state index contributed by atoms with van der Waals surface area (Å²) in [7, 11) is 0. The Hall–Kier alpha value is -0.570. The van der Waals surface area contributed by atoms with Crippen molar-refractivity contribution in [2.45, 2.75) is 63.8 Å². The summed E-state index contributed by atoms with van der Waals surface area (Å²) in [6.45, 7) is 2.01. The molecule has 1 saturated heterocycles. The molecule has 17 heavy (non-hydrogen) atoms. The molecule has 1 saturated carbocycles. The monoisotopic (exact) mass is 238 g/mol. The van der Waals surface area contributed by atoms with Crippen LogP contribution in [-0.2, 0) is 4.79 Å². The Morgan fingerprint density at radius 3 is 2.47 bits per heavy atom. The number of nitrogens with one attached hydrogen (secondary N) is 2. The van der Waals surface area contributed by atoms with E-state index in [1.165, 1.54) is 38.5 Å². The third-order valence-electron chi connectivity index (χ3n) is 4.18. The van der Waals surface area contributed by atoms with Crippen molar-refractivity contribution < 1.29 is 4.79 Å². The van der Waals surface area contributed by atoms with Crippen molar-refractivity contribution in [2.24, 2.45) is 5.92 Å². The van der Waals surface area contributed by atoms with Crippen molar-refractivity contribution in [3.05, 3.63) is 0 Å². The van der Waals surface area contributed by atoms with Crippen LogP contribution in [0.3, 0.4) is 0 Å². The molecule has 0 aromatic heterocycles. The molecular weight excluding hydrogens is 212 g/mol. The normalized spacial score (nSPS) is 26.7. The fourth-order valence-corrected chi connectivity index (χ4v) is 3.06. The number of carbonyl (C=O) groups excluding carboxylic acids is 1. The van der Waals surface area contributed by atoms with Crippen molar-refractivity contribution in [3.63, 3.8) is 0 Å². The van der Waals surface area contributed by atoms with Crippen molar-refractivity contribution in [1.82, 2.24) is 10.6 Å². The summed E-state index contributed by atoms with van der Waals surface area (Å²) in [6.07, 6.45) is 11.0. The van der Waals surface area contributed by atoms with E-state index in [1.807, 2.05) is 0 Å². The van der Waals surface area contributed by atoms with Crippen LogP contribution in [0.5, 0.6) is 0 Å². The molecule has 3 nitrogen and oxygen atoms in total. The highest BCUT2D eigenvalue weighted by molar-refractivity contribution is 5.78. The van der Waals surface area contributed by atoms with Gasteiger partial charge in [0, 0.05) is 18.5 Å². The van der Waals surface area contributed by atoms with E-state index in [-0.39, 0.29) is 0 Å². The topological polar surface area (TPSA) is 41.1 Å². The predicted octanol–water partition coefficient (Wildman–Crippen LogP) is 2.22. The first-order valence-corrected chi connectivity index (χ1v) is 7.37. The van der Waals surface area contributed by atoms with Gasteiger partial charge < -0.3 is 10.6 Å². The van der Waals surface area contributed by atoms with Crippen molar-refractivity contribution in [2.75, 3.05) is 13.1 Å². The van der Waals surface area contributed by atoms with Crippen LogP contribution in [-0.4, -0.2) is 25.0 Å². The Balaban J connectivity index is 1.61. The predicted molar refractivity (Wildman–Crippen MR) is 69.8 cm³/mol. The number of hydrogen-bond donors (Lipinski definition) is 2. The van der Waals surface area contributed by atoms with Gasteiger partial charge in [-0.25, -0.2) is 0 Å². The molecule has 1 atom stereocenters. The summed E-state index contributed by atoms with van der Waals surface area (Å²) in [5, 5.41) is 6.60. The molecule has 0 aromatic carbocycles. The van der Waals surface area contributed by atoms with Gasteiger partial charge in [-0.2, -0.15) is 0 Å². The first kappa shape index (κ1) is 12.9. The maximum absolute atomic E-state index is 12.0. The van der Waals surface area contributed by atoms with E-state index in [0.717, 1.165) is 32.4 Å². The molecule has 0 unspecified atom stereocenters. The summed E-state index contributed by atoms with van der Waals surface area (Å²) in [5.41, 5.74) is 0. The number of amides is 1. The third-order valence-corrected chi connectivity index (χ3v) is 4.18. The first-order chi connectivity index (χ1) is 8.36. The Morgan fingerprint density at radius 2 is 1.82 bits per heavy atom. The van der Waals surface area contributed by atoms with E-state index in [9.17, 15) is 4.79 Å². The van der Waals surface area contributed by atoms with Crippen LogP contribution in [0.15, 0.2) is 0 Å². The summed E-state index contributed by atoms with van der Waals surface area (Å²) >= 11 is 0. The van der Waals surface area contributed by atoms with Crippen molar-refractivity contribution >= 4 is 5.91 Å². The van der Waals surface area contributed by atoms with Crippen LogP contribution in [0.2, 0.25) is 0 Å². The third kappa shape index (κ3) is 4.30. The molecule has 0 spiro atoms. The zero-order valence-corrected chi connectivity index (χ0v) is 10.8. The lowest BCUT2D eigenvalue weighted by Gasteiger charge is -2.15. The van der Waals surface area contributed by atoms with Gasteiger partial charge in [-0.3, -0.25) is 4.79 Å². The maximum Gasteiger partial charge on any atom is 0.223 e. The van der Waals surface area contributed by atoms with Crippen LogP contribution in [0.25, 0.3) is 0 Å². The van der Waals surface area contributed by atoms with Crippen LogP contribution >= 0.6 is 0 Å². The highest BCUT2D eigenvalue weighted by Crippen LogP contribution is 2.22. The molecule has 0 bridgehead atoms. The number of hydrogen-bond acceptors (Lipinski definition) is 2. The van der Waals surface area contributed by atoms with E-state index in [4.69, 9.17) is 0 Å². The average Bonchev–Trinajstić information content (AvgIpc) is 2.69. The molecule has 1 aliphatic heterocycles. The number of carbonyl (C=O) groups is 1. The molecule has 2 rings (SSSR count). The molecule has 1 aliphatic carbocycles. The molecule has 1 amide bonds. The van der Waals surface area contributed by atoms with Crippen LogP contribution in [0.4, 0.5) is 0 Å². The van der Waals surface area contributed by atoms with E-state index in [2.05, 4.69) is 10.6 Å². The van der Waals surface area contributed by atoms with E-state index in [1.54, 1.807) is 0 Å². The second-order valence-corrected chi connectivity index (χ2v) is 5.56. The lowest BCUT2D eigenvalue weighted by Crippen LogP contribution is -2.34. The lowest BCUT2D eigenvalue weighted by atomic mass is 9.99. The molecule has 3 heteroatoms. The molecule has 0 radical (unpaired) electrons. The van der Waals surface area contributed by atoms with Gasteiger partial charge in [0.1, 0.15) is 0 Å². The first-order valence-electron chi connectivity index (χ1n) is 7.37. The summed E-state index contributed by atoms with van der Waals surface area (Å²) in [4.78, 5) is 12.0. The quantitative estimate of drug-likeness (QED) is 0.737. The Kier molecular flexibility index (Phi) is 5.30. The van der Waals surface area contributed by atoms with Crippen LogP contribution in [0, 0.1) is 5.92 Å². The Bertz CT molecular complexity index is 228. The second kappa shape index (κ2) is 7.00. The van der Waals surface area contributed by atoms with Gasteiger partial charge in [-0.15, -0.1) is 0 Å². The molecular formula is C14H26N2O. The molecule has 0 aromatic rings. The zero-order valence-electron chi connectivity index (χ0n) is 10.8. The minimum absolute atomic E-state index is 0.300. The highest BCUT2D eigenvalue weighted by Gasteiger charge is 2.20. The summed E-state index contributed by atoms with van der Waals surface area (Å²) in [5.74, 6) is 0.610. The summed E-state index contributed by atoms with van der Waals surface area (Å²) < 4.78 is 0. The molecule has 2 aliphatic rings. The molecule has 1 heterocycles. The van der Waals surface area contributed by atoms with E-state index >= 15 is 0 Å². The molecule has 98 valence electrons. The van der Waals surface area contributed by atoms with Gasteiger partial charge in [0.2, 0.25) is 5.91 Å². The zero-order chi connectivity index (χ0) is 11.9. The van der Waals surface area contributed by atoms with E-state index < -0.39 is 0 Å².